The van der Waals surface area contributed by atoms with Gasteiger partial charge in [-0.1, -0.05) is 48.5 Å². The number of anilines is 3. The molecule has 0 aliphatic heterocycles. The number of aromatic nitrogens is 2. The average molecular weight is 326 g/mol. The maximum Gasteiger partial charge on any atom is 0.205 e. The van der Waals surface area contributed by atoms with Crippen molar-refractivity contribution in [3.05, 3.63) is 97.3 Å². The number of imidazole rings is 1. The highest BCUT2D eigenvalue weighted by atomic mass is 15.1. The second-order valence-corrected chi connectivity index (χ2v) is 5.60. The molecule has 4 heteroatoms. The highest BCUT2D eigenvalue weighted by Gasteiger charge is 2.05. The molecule has 4 aromatic rings. The second-order valence-electron chi connectivity index (χ2n) is 5.60. The summed E-state index contributed by atoms with van der Waals surface area (Å²) in [6, 6.07) is 28.5. The van der Waals surface area contributed by atoms with E-state index in [-0.39, 0.29) is 0 Å². The third kappa shape index (κ3) is 3.38. The number of benzene rings is 3. The van der Waals surface area contributed by atoms with Crippen LogP contribution in [0, 0.1) is 0 Å². The Morgan fingerprint density at radius 3 is 2.00 bits per heavy atom. The molecular formula is C21H18N4. The van der Waals surface area contributed by atoms with Crippen LogP contribution in [0.3, 0.4) is 0 Å². The van der Waals surface area contributed by atoms with Crippen LogP contribution in [-0.4, -0.2) is 9.97 Å². The Labute approximate surface area is 146 Å². The molecule has 0 saturated carbocycles. The van der Waals surface area contributed by atoms with Crippen molar-refractivity contribution in [2.24, 2.45) is 0 Å². The molecule has 122 valence electrons. The van der Waals surface area contributed by atoms with E-state index in [1.807, 2.05) is 73.1 Å². The number of aromatic amines is 1. The minimum absolute atomic E-state index is 0.721. The van der Waals surface area contributed by atoms with Crippen LogP contribution in [0.1, 0.15) is 0 Å². The Hall–Kier alpha value is -3.53. The van der Waals surface area contributed by atoms with Crippen LogP contribution in [0.4, 0.5) is 17.3 Å². The monoisotopic (exact) mass is 326 g/mol. The Balaban J connectivity index is 1.59. The van der Waals surface area contributed by atoms with Crippen LogP contribution >= 0.6 is 0 Å². The fourth-order valence-electron chi connectivity index (χ4n) is 2.71. The molecule has 0 aliphatic carbocycles. The van der Waals surface area contributed by atoms with E-state index >= 15 is 0 Å². The number of H-pyrrole nitrogens is 1. The first-order valence-corrected chi connectivity index (χ1v) is 8.17. The van der Waals surface area contributed by atoms with Gasteiger partial charge in [-0.15, -0.1) is 0 Å². The highest BCUT2D eigenvalue weighted by molar-refractivity contribution is 5.77. The van der Waals surface area contributed by atoms with Gasteiger partial charge in [0.2, 0.25) is 5.95 Å². The van der Waals surface area contributed by atoms with Crippen molar-refractivity contribution in [3.8, 4) is 0 Å². The van der Waals surface area contributed by atoms with Crippen LogP contribution < -0.4 is 10.2 Å². The number of para-hydroxylation sites is 4. The summed E-state index contributed by atoms with van der Waals surface area (Å²) in [5.41, 5.74) is 4.15. The lowest BCUT2D eigenvalue weighted by Gasteiger charge is -2.20. The van der Waals surface area contributed by atoms with Gasteiger partial charge in [-0.2, -0.15) is 0 Å². The first-order valence-electron chi connectivity index (χ1n) is 8.17. The lowest BCUT2D eigenvalue weighted by molar-refractivity contribution is 1.25. The number of hydrogen-bond acceptors (Lipinski definition) is 3. The molecule has 4 nitrogen and oxygen atoms in total. The molecule has 25 heavy (non-hydrogen) atoms. The SMILES string of the molecule is C(=CN(c1ccccc1)c1ccccc1)Nc1nc2ccccc2[nH]1. The van der Waals surface area contributed by atoms with Crippen molar-refractivity contribution in [1.82, 2.24) is 9.97 Å². The van der Waals surface area contributed by atoms with Crippen LogP contribution in [0.5, 0.6) is 0 Å². The van der Waals surface area contributed by atoms with Gasteiger partial charge >= 0.3 is 0 Å². The van der Waals surface area contributed by atoms with Crippen LogP contribution in [-0.2, 0) is 0 Å². The van der Waals surface area contributed by atoms with Gasteiger partial charge in [-0.05, 0) is 36.4 Å². The van der Waals surface area contributed by atoms with Crippen molar-refractivity contribution in [2.75, 3.05) is 10.2 Å². The molecule has 0 spiro atoms. The number of rotatable bonds is 5. The maximum atomic E-state index is 4.52. The Morgan fingerprint density at radius 2 is 1.36 bits per heavy atom. The Kier molecular flexibility index (Phi) is 4.16. The normalized spacial score (nSPS) is 11.0. The smallest absolute Gasteiger partial charge is 0.205 e. The molecule has 3 aromatic carbocycles. The first kappa shape index (κ1) is 15.0. The van der Waals surface area contributed by atoms with E-state index in [0.717, 1.165) is 28.4 Å². The molecule has 0 saturated heterocycles. The number of fused-ring (bicyclic) bond motifs is 1. The van der Waals surface area contributed by atoms with E-state index in [1.54, 1.807) is 0 Å². The lowest BCUT2D eigenvalue weighted by Crippen LogP contribution is -2.09. The minimum Gasteiger partial charge on any atom is -0.331 e. The van der Waals surface area contributed by atoms with E-state index in [1.165, 1.54) is 0 Å². The van der Waals surface area contributed by atoms with E-state index in [4.69, 9.17) is 0 Å². The molecule has 0 radical (unpaired) electrons. The summed E-state index contributed by atoms with van der Waals surface area (Å²) in [4.78, 5) is 9.90. The van der Waals surface area contributed by atoms with Crippen molar-refractivity contribution >= 4 is 28.4 Å². The molecule has 1 heterocycles. The van der Waals surface area contributed by atoms with Crippen LogP contribution in [0.15, 0.2) is 97.3 Å². The van der Waals surface area contributed by atoms with Gasteiger partial charge in [0.1, 0.15) is 0 Å². The highest BCUT2D eigenvalue weighted by Crippen LogP contribution is 2.25. The van der Waals surface area contributed by atoms with Crippen LogP contribution in [0.2, 0.25) is 0 Å². The second kappa shape index (κ2) is 6.93. The summed E-state index contributed by atoms with van der Waals surface area (Å²) in [5, 5.41) is 3.22. The molecular weight excluding hydrogens is 308 g/mol. The van der Waals surface area contributed by atoms with Gasteiger partial charge in [-0.3, -0.25) is 0 Å². The van der Waals surface area contributed by atoms with Crippen molar-refractivity contribution in [3.63, 3.8) is 0 Å². The van der Waals surface area contributed by atoms with Gasteiger partial charge in [0.25, 0.3) is 0 Å². The molecule has 0 fully saturated rings. The zero-order valence-corrected chi connectivity index (χ0v) is 13.6. The molecule has 0 amide bonds. The van der Waals surface area contributed by atoms with Crippen LogP contribution in [0.25, 0.3) is 11.0 Å². The molecule has 0 atom stereocenters. The first-order chi connectivity index (χ1) is 12.4. The van der Waals surface area contributed by atoms with E-state index in [2.05, 4.69) is 44.5 Å². The lowest BCUT2D eigenvalue weighted by atomic mass is 10.2. The summed E-state index contributed by atoms with van der Waals surface area (Å²) in [5.74, 6) is 0.721. The van der Waals surface area contributed by atoms with E-state index in [0.29, 0.717) is 0 Å². The summed E-state index contributed by atoms with van der Waals surface area (Å²) in [6.45, 7) is 0. The van der Waals surface area contributed by atoms with Crippen molar-refractivity contribution in [2.45, 2.75) is 0 Å². The zero-order chi connectivity index (χ0) is 16.9. The average Bonchev–Trinajstić information content (AvgIpc) is 3.09. The summed E-state index contributed by atoms with van der Waals surface area (Å²) in [7, 11) is 0. The van der Waals surface area contributed by atoms with E-state index in [9.17, 15) is 0 Å². The fourth-order valence-corrected chi connectivity index (χ4v) is 2.71. The van der Waals surface area contributed by atoms with Crippen molar-refractivity contribution in [1.29, 1.82) is 0 Å². The van der Waals surface area contributed by atoms with Gasteiger partial charge in [0, 0.05) is 23.8 Å². The number of hydrogen-bond donors (Lipinski definition) is 2. The number of nitrogens with one attached hydrogen (secondary N) is 2. The summed E-state index contributed by atoms with van der Waals surface area (Å²) in [6.07, 6.45) is 3.88. The standard InChI is InChI=1S/C21H18N4/c1-3-9-17(10-4-1)25(18-11-5-2-6-12-18)16-15-22-21-23-19-13-7-8-14-20(19)24-21/h1-16H,(H2,22,23,24). The molecule has 0 aliphatic rings. The Morgan fingerprint density at radius 1 is 0.760 bits per heavy atom. The third-order valence-electron chi connectivity index (χ3n) is 3.90. The quantitative estimate of drug-likeness (QED) is 0.524. The summed E-state index contributed by atoms with van der Waals surface area (Å²) >= 11 is 0. The van der Waals surface area contributed by atoms with E-state index < -0.39 is 0 Å². The minimum atomic E-state index is 0.721. The Bertz CT molecular complexity index is 902. The van der Waals surface area contributed by atoms with Gasteiger partial charge in [0.05, 0.1) is 11.0 Å². The molecule has 1 aromatic heterocycles. The molecule has 0 unspecified atom stereocenters. The third-order valence-corrected chi connectivity index (χ3v) is 3.90. The maximum absolute atomic E-state index is 4.52. The van der Waals surface area contributed by atoms with Gasteiger partial charge in [-0.25, -0.2) is 4.98 Å². The molecule has 0 bridgehead atoms. The van der Waals surface area contributed by atoms with Gasteiger partial charge in [0.15, 0.2) is 0 Å². The fraction of sp³-hybridized carbons (Fsp3) is 0. The van der Waals surface area contributed by atoms with Gasteiger partial charge < -0.3 is 15.2 Å². The predicted molar refractivity (Wildman–Crippen MR) is 104 cm³/mol. The summed E-state index contributed by atoms with van der Waals surface area (Å²) < 4.78 is 0. The number of nitrogens with zero attached hydrogens (tertiary/aromatic N) is 2. The zero-order valence-electron chi connectivity index (χ0n) is 13.6. The predicted octanol–water partition coefficient (Wildman–Crippen LogP) is 5.28. The molecule has 2 N–H and O–H groups in total. The largest absolute Gasteiger partial charge is 0.331 e. The topological polar surface area (TPSA) is 44.0 Å². The molecule has 4 rings (SSSR count). The van der Waals surface area contributed by atoms with Crippen molar-refractivity contribution < 1.29 is 0 Å².